The average Bonchev–Trinajstić information content (AvgIpc) is 3.22. The van der Waals surface area contributed by atoms with Crippen molar-refractivity contribution in [3.63, 3.8) is 0 Å². The first-order chi connectivity index (χ1) is 14.9. The van der Waals surface area contributed by atoms with Crippen LogP contribution in [-0.4, -0.2) is 29.5 Å². The summed E-state index contributed by atoms with van der Waals surface area (Å²) in [7, 11) is 0. The fraction of sp³-hybridized carbons (Fsp3) is 0.217. The highest BCUT2D eigenvalue weighted by Gasteiger charge is 2.13. The number of benzene rings is 2. The van der Waals surface area contributed by atoms with Gasteiger partial charge in [0, 0.05) is 17.7 Å². The predicted molar refractivity (Wildman–Crippen MR) is 114 cm³/mol. The van der Waals surface area contributed by atoms with Crippen molar-refractivity contribution in [2.75, 3.05) is 11.9 Å². The monoisotopic (exact) mass is 421 g/mol. The number of esters is 1. The Kier molecular flexibility index (Phi) is 7.16. The smallest absolute Gasteiger partial charge is 0.325 e. The molecule has 31 heavy (non-hydrogen) atoms. The molecule has 0 bridgehead atoms. The second-order valence-corrected chi connectivity index (χ2v) is 6.97. The second-order valence-electron chi connectivity index (χ2n) is 6.97. The summed E-state index contributed by atoms with van der Waals surface area (Å²) in [6.07, 6.45) is 1.83. The van der Waals surface area contributed by atoms with Crippen molar-refractivity contribution in [1.82, 2.24) is 10.3 Å². The number of carbonyl (C=O) groups excluding carboxylic acids is 3. The first-order valence-electron chi connectivity index (χ1n) is 9.74. The van der Waals surface area contributed by atoms with Crippen LogP contribution in [0.1, 0.15) is 23.4 Å². The van der Waals surface area contributed by atoms with Gasteiger partial charge in [-0.25, -0.2) is 9.78 Å². The molecule has 0 aliphatic carbocycles. The molecule has 0 unspecified atom stereocenters. The molecule has 1 heterocycles. The largest absolute Gasteiger partial charge is 0.456 e. The molecule has 0 radical (unpaired) electrons. The molecule has 2 aromatic carbocycles. The molecule has 0 saturated heterocycles. The van der Waals surface area contributed by atoms with Crippen molar-refractivity contribution in [1.29, 1.82) is 0 Å². The van der Waals surface area contributed by atoms with Crippen LogP contribution in [0, 0.1) is 13.8 Å². The summed E-state index contributed by atoms with van der Waals surface area (Å²) < 4.78 is 10.5. The number of nitrogens with zero attached hydrogens (tertiary/aromatic N) is 1. The Morgan fingerprint density at radius 3 is 2.58 bits per heavy atom. The van der Waals surface area contributed by atoms with E-state index in [9.17, 15) is 14.4 Å². The SMILES string of the molecule is Cc1ccc(NC(=O)NC(=O)COC(=O)CCc2ncc(-c3ccccc3)o2)c(C)c1. The van der Waals surface area contributed by atoms with E-state index < -0.39 is 24.5 Å². The molecule has 2 N–H and O–H groups in total. The molecule has 0 atom stereocenters. The standard InChI is InChI=1S/C23H23N3O5/c1-15-8-9-18(16(2)12-15)25-23(29)26-20(27)14-30-22(28)11-10-21-24-13-19(31-21)17-6-4-3-5-7-17/h3-9,12-13H,10-11,14H2,1-2H3,(H2,25,26,27,29). The van der Waals surface area contributed by atoms with Gasteiger partial charge < -0.3 is 14.5 Å². The molecule has 160 valence electrons. The minimum absolute atomic E-state index is 0.00319. The van der Waals surface area contributed by atoms with Gasteiger partial charge in [0.2, 0.25) is 0 Å². The van der Waals surface area contributed by atoms with Gasteiger partial charge in [-0.15, -0.1) is 0 Å². The van der Waals surface area contributed by atoms with Gasteiger partial charge in [0.05, 0.1) is 12.6 Å². The Labute approximate surface area is 179 Å². The molecule has 0 aliphatic rings. The van der Waals surface area contributed by atoms with Crippen LogP contribution in [0.4, 0.5) is 10.5 Å². The van der Waals surface area contributed by atoms with Gasteiger partial charge in [-0.2, -0.15) is 0 Å². The number of hydrogen-bond acceptors (Lipinski definition) is 6. The molecule has 3 aromatic rings. The third-order valence-corrected chi connectivity index (χ3v) is 4.40. The first-order valence-corrected chi connectivity index (χ1v) is 9.74. The minimum Gasteiger partial charge on any atom is -0.456 e. The highest BCUT2D eigenvalue weighted by atomic mass is 16.5. The minimum atomic E-state index is -0.724. The van der Waals surface area contributed by atoms with E-state index in [0.717, 1.165) is 16.7 Å². The van der Waals surface area contributed by atoms with Crippen LogP contribution in [0.3, 0.4) is 0 Å². The maximum Gasteiger partial charge on any atom is 0.325 e. The Bertz CT molecular complexity index is 1080. The number of anilines is 1. The molecule has 8 heteroatoms. The van der Waals surface area contributed by atoms with Crippen LogP contribution in [0.5, 0.6) is 0 Å². The topological polar surface area (TPSA) is 111 Å². The van der Waals surface area contributed by atoms with E-state index in [0.29, 0.717) is 17.3 Å². The van der Waals surface area contributed by atoms with Gasteiger partial charge in [-0.1, -0.05) is 48.0 Å². The second kappa shape index (κ2) is 10.2. The number of aromatic nitrogens is 1. The van der Waals surface area contributed by atoms with Crippen LogP contribution in [0.2, 0.25) is 0 Å². The van der Waals surface area contributed by atoms with Gasteiger partial charge in [-0.3, -0.25) is 14.9 Å². The molecule has 0 spiro atoms. The third kappa shape index (κ3) is 6.53. The van der Waals surface area contributed by atoms with Gasteiger partial charge in [0.15, 0.2) is 18.3 Å². The Balaban J connectivity index is 1.39. The van der Waals surface area contributed by atoms with E-state index in [-0.39, 0.29) is 12.8 Å². The lowest BCUT2D eigenvalue weighted by Gasteiger charge is -2.10. The van der Waals surface area contributed by atoms with Crippen molar-refractivity contribution in [2.24, 2.45) is 0 Å². The zero-order valence-corrected chi connectivity index (χ0v) is 17.3. The Hall–Kier alpha value is -3.94. The quantitative estimate of drug-likeness (QED) is 0.562. The van der Waals surface area contributed by atoms with E-state index in [4.69, 9.17) is 9.15 Å². The lowest BCUT2D eigenvalue weighted by Crippen LogP contribution is -2.37. The highest BCUT2D eigenvalue weighted by Crippen LogP contribution is 2.20. The van der Waals surface area contributed by atoms with Crippen LogP contribution in [-0.2, 0) is 20.7 Å². The van der Waals surface area contributed by atoms with E-state index in [1.165, 1.54) is 0 Å². The maximum atomic E-state index is 11.9. The maximum absolute atomic E-state index is 11.9. The van der Waals surface area contributed by atoms with Crippen molar-refractivity contribution in [2.45, 2.75) is 26.7 Å². The molecule has 0 fully saturated rings. The number of aryl methyl sites for hydroxylation is 3. The van der Waals surface area contributed by atoms with Crippen LogP contribution < -0.4 is 10.6 Å². The first kappa shape index (κ1) is 21.8. The number of ether oxygens (including phenoxy) is 1. The van der Waals surface area contributed by atoms with E-state index in [1.807, 2.05) is 56.3 Å². The summed E-state index contributed by atoms with van der Waals surface area (Å²) in [5.41, 5.74) is 3.41. The lowest BCUT2D eigenvalue weighted by molar-refractivity contribution is -0.148. The zero-order chi connectivity index (χ0) is 22.2. The summed E-state index contributed by atoms with van der Waals surface area (Å²) in [5, 5.41) is 4.71. The van der Waals surface area contributed by atoms with Crippen molar-refractivity contribution < 1.29 is 23.5 Å². The summed E-state index contributed by atoms with van der Waals surface area (Å²) >= 11 is 0. The van der Waals surface area contributed by atoms with E-state index in [2.05, 4.69) is 15.6 Å². The van der Waals surface area contributed by atoms with Gasteiger partial charge in [0.1, 0.15) is 0 Å². The molecule has 0 aliphatic heterocycles. The van der Waals surface area contributed by atoms with Crippen LogP contribution in [0.25, 0.3) is 11.3 Å². The third-order valence-electron chi connectivity index (χ3n) is 4.40. The van der Waals surface area contributed by atoms with Gasteiger partial charge in [0.25, 0.3) is 5.91 Å². The average molecular weight is 421 g/mol. The fourth-order valence-corrected chi connectivity index (χ4v) is 2.86. The van der Waals surface area contributed by atoms with E-state index in [1.54, 1.807) is 12.3 Å². The summed E-state index contributed by atoms with van der Waals surface area (Å²) in [6.45, 7) is 3.24. The molecule has 3 rings (SSSR count). The number of nitrogens with one attached hydrogen (secondary N) is 2. The number of carbonyl (C=O) groups is 3. The lowest BCUT2D eigenvalue weighted by atomic mass is 10.1. The van der Waals surface area contributed by atoms with Crippen molar-refractivity contribution in [3.05, 3.63) is 71.7 Å². The number of rotatable bonds is 7. The number of urea groups is 1. The van der Waals surface area contributed by atoms with Crippen molar-refractivity contribution >= 4 is 23.6 Å². The van der Waals surface area contributed by atoms with E-state index >= 15 is 0 Å². The van der Waals surface area contributed by atoms with Crippen LogP contribution >= 0.6 is 0 Å². The molecule has 0 saturated carbocycles. The molecule has 3 amide bonds. The highest BCUT2D eigenvalue weighted by molar-refractivity contribution is 6.02. The Morgan fingerprint density at radius 2 is 1.84 bits per heavy atom. The Morgan fingerprint density at radius 1 is 1.06 bits per heavy atom. The number of oxazole rings is 1. The zero-order valence-electron chi connectivity index (χ0n) is 17.3. The number of amides is 3. The summed E-state index contributed by atoms with van der Waals surface area (Å²) in [6, 6.07) is 14.3. The molecule has 1 aromatic heterocycles. The number of hydrogen-bond donors (Lipinski definition) is 2. The van der Waals surface area contributed by atoms with Gasteiger partial charge in [-0.05, 0) is 25.5 Å². The number of imide groups is 1. The van der Waals surface area contributed by atoms with Gasteiger partial charge >= 0.3 is 12.0 Å². The normalized spacial score (nSPS) is 10.4. The molecular formula is C23H23N3O5. The fourth-order valence-electron chi connectivity index (χ4n) is 2.86. The molecular weight excluding hydrogens is 398 g/mol. The predicted octanol–water partition coefficient (Wildman–Crippen LogP) is 3.78. The van der Waals surface area contributed by atoms with Crippen molar-refractivity contribution in [3.8, 4) is 11.3 Å². The molecule has 8 nitrogen and oxygen atoms in total. The summed E-state index contributed by atoms with van der Waals surface area (Å²) in [4.78, 5) is 39.8. The van der Waals surface area contributed by atoms with Crippen LogP contribution in [0.15, 0.2) is 59.1 Å². The summed E-state index contributed by atoms with van der Waals surface area (Å²) in [5.74, 6) is -0.311.